The lowest BCUT2D eigenvalue weighted by molar-refractivity contribution is -0.0354. The van der Waals surface area contributed by atoms with Gasteiger partial charge >= 0.3 is 6.09 Å². The standard InChI is InChI=1S/C15H21NO6S/c1-23(18,19)22-9-7-14-11-16(8-10-20-14)15(17)21-12-13-5-3-2-4-6-13/h2-6,14H,7-12H2,1H3/t14-/m0/s1. The minimum Gasteiger partial charge on any atom is -0.445 e. The number of amides is 1. The van der Waals surface area contributed by atoms with Gasteiger partial charge in [0, 0.05) is 13.0 Å². The second-order valence-corrected chi connectivity index (χ2v) is 6.94. The number of carbonyl (C=O) groups excluding carboxylic acids is 1. The Morgan fingerprint density at radius 1 is 1.35 bits per heavy atom. The molecule has 128 valence electrons. The molecule has 0 aliphatic carbocycles. The zero-order valence-corrected chi connectivity index (χ0v) is 13.8. The number of ether oxygens (including phenoxy) is 2. The fourth-order valence-corrected chi connectivity index (χ4v) is 2.60. The summed E-state index contributed by atoms with van der Waals surface area (Å²) in [6, 6.07) is 9.44. The maximum Gasteiger partial charge on any atom is 0.410 e. The minimum atomic E-state index is -3.45. The summed E-state index contributed by atoms with van der Waals surface area (Å²) in [6.07, 6.45) is 0.748. The normalized spacial score (nSPS) is 18.7. The highest BCUT2D eigenvalue weighted by Crippen LogP contribution is 2.11. The van der Waals surface area contributed by atoms with Crippen LogP contribution in [0.15, 0.2) is 30.3 Å². The van der Waals surface area contributed by atoms with E-state index in [0.29, 0.717) is 26.1 Å². The average Bonchev–Trinajstić information content (AvgIpc) is 2.53. The van der Waals surface area contributed by atoms with Crippen molar-refractivity contribution in [2.45, 2.75) is 19.1 Å². The lowest BCUT2D eigenvalue weighted by atomic mass is 10.2. The maximum atomic E-state index is 12.1. The maximum absolute atomic E-state index is 12.1. The van der Waals surface area contributed by atoms with Gasteiger partial charge in [0.25, 0.3) is 10.1 Å². The predicted molar refractivity (Wildman–Crippen MR) is 83.4 cm³/mol. The molecule has 0 unspecified atom stereocenters. The van der Waals surface area contributed by atoms with Crippen LogP contribution in [0.5, 0.6) is 0 Å². The molecule has 1 amide bonds. The first-order chi connectivity index (χ1) is 10.9. The SMILES string of the molecule is CS(=O)(=O)OCC[C@H]1CN(C(=O)OCc2ccccc2)CCO1. The number of hydrogen-bond acceptors (Lipinski definition) is 6. The van der Waals surface area contributed by atoms with Crippen molar-refractivity contribution in [3.05, 3.63) is 35.9 Å². The molecule has 1 heterocycles. The Morgan fingerprint density at radius 2 is 2.09 bits per heavy atom. The molecule has 1 aliphatic heterocycles. The molecule has 1 atom stereocenters. The molecule has 0 radical (unpaired) electrons. The topological polar surface area (TPSA) is 82.1 Å². The van der Waals surface area contributed by atoms with Crippen molar-refractivity contribution in [1.29, 1.82) is 0 Å². The monoisotopic (exact) mass is 343 g/mol. The van der Waals surface area contributed by atoms with Crippen LogP contribution in [0.1, 0.15) is 12.0 Å². The van der Waals surface area contributed by atoms with Gasteiger partial charge in [0.1, 0.15) is 6.61 Å². The van der Waals surface area contributed by atoms with Gasteiger partial charge in [-0.15, -0.1) is 0 Å². The number of rotatable bonds is 6. The van der Waals surface area contributed by atoms with Gasteiger partial charge in [-0.05, 0) is 5.56 Å². The molecular formula is C15H21NO6S. The molecule has 1 aliphatic rings. The molecule has 0 saturated carbocycles. The number of carbonyl (C=O) groups is 1. The third-order valence-corrected chi connectivity index (χ3v) is 3.93. The second-order valence-electron chi connectivity index (χ2n) is 5.29. The Bertz CT molecular complexity index is 604. The van der Waals surface area contributed by atoms with Crippen molar-refractivity contribution in [2.75, 3.05) is 32.6 Å². The Labute approximate surface area is 136 Å². The number of nitrogens with zero attached hydrogens (tertiary/aromatic N) is 1. The van der Waals surface area contributed by atoms with Crippen LogP contribution < -0.4 is 0 Å². The Hall–Kier alpha value is -1.64. The van der Waals surface area contributed by atoms with E-state index in [4.69, 9.17) is 13.7 Å². The highest BCUT2D eigenvalue weighted by atomic mass is 32.2. The van der Waals surface area contributed by atoms with Crippen molar-refractivity contribution in [1.82, 2.24) is 4.90 Å². The van der Waals surface area contributed by atoms with Crippen LogP contribution in [-0.2, 0) is 30.4 Å². The van der Waals surface area contributed by atoms with E-state index in [0.717, 1.165) is 11.8 Å². The van der Waals surface area contributed by atoms with Gasteiger partial charge in [0.2, 0.25) is 0 Å². The summed E-state index contributed by atoms with van der Waals surface area (Å²) < 4.78 is 37.3. The van der Waals surface area contributed by atoms with Gasteiger partial charge in [-0.25, -0.2) is 4.79 Å². The molecule has 1 aromatic carbocycles. The molecule has 7 nitrogen and oxygen atoms in total. The largest absolute Gasteiger partial charge is 0.445 e. The predicted octanol–water partition coefficient (Wildman–Crippen LogP) is 1.39. The first-order valence-corrected chi connectivity index (χ1v) is 9.17. The van der Waals surface area contributed by atoms with E-state index in [1.165, 1.54) is 0 Å². The van der Waals surface area contributed by atoms with Crippen molar-refractivity contribution in [3.8, 4) is 0 Å². The highest BCUT2D eigenvalue weighted by Gasteiger charge is 2.25. The third kappa shape index (κ3) is 6.55. The van der Waals surface area contributed by atoms with Crippen LogP contribution in [0, 0.1) is 0 Å². The van der Waals surface area contributed by atoms with Gasteiger partial charge in [-0.1, -0.05) is 30.3 Å². The van der Waals surface area contributed by atoms with E-state index in [-0.39, 0.29) is 19.3 Å². The summed E-state index contributed by atoms with van der Waals surface area (Å²) in [5.74, 6) is 0. The van der Waals surface area contributed by atoms with Crippen molar-refractivity contribution < 1.29 is 26.9 Å². The zero-order chi connectivity index (χ0) is 16.7. The molecule has 0 aromatic heterocycles. The molecule has 0 spiro atoms. The van der Waals surface area contributed by atoms with E-state index >= 15 is 0 Å². The van der Waals surface area contributed by atoms with E-state index in [2.05, 4.69) is 0 Å². The average molecular weight is 343 g/mol. The molecule has 0 N–H and O–H groups in total. The van der Waals surface area contributed by atoms with Crippen molar-refractivity contribution >= 4 is 16.2 Å². The smallest absolute Gasteiger partial charge is 0.410 e. The van der Waals surface area contributed by atoms with Crippen LogP contribution >= 0.6 is 0 Å². The number of morpholine rings is 1. The van der Waals surface area contributed by atoms with E-state index < -0.39 is 16.2 Å². The Kier molecular flexibility index (Phi) is 6.37. The molecule has 2 rings (SSSR count). The van der Waals surface area contributed by atoms with E-state index in [1.807, 2.05) is 30.3 Å². The summed E-state index contributed by atoms with van der Waals surface area (Å²) in [7, 11) is -3.45. The first kappa shape index (κ1) is 17.7. The van der Waals surface area contributed by atoms with Crippen molar-refractivity contribution in [3.63, 3.8) is 0 Å². The molecule has 1 saturated heterocycles. The molecule has 1 fully saturated rings. The summed E-state index contributed by atoms with van der Waals surface area (Å²) in [4.78, 5) is 13.6. The summed E-state index contributed by atoms with van der Waals surface area (Å²) in [5, 5.41) is 0. The van der Waals surface area contributed by atoms with Gasteiger partial charge in [-0.3, -0.25) is 4.18 Å². The van der Waals surface area contributed by atoms with Gasteiger partial charge in [0.05, 0.1) is 32.1 Å². The fourth-order valence-electron chi connectivity index (χ4n) is 2.20. The highest BCUT2D eigenvalue weighted by molar-refractivity contribution is 7.85. The first-order valence-electron chi connectivity index (χ1n) is 7.36. The summed E-state index contributed by atoms with van der Waals surface area (Å²) in [5.41, 5.74) is 0.923. The molecule has 0 bridgehead atoms. The van der Waals surface area contributed by atoms with Gasteiger partial charge in [0.15, 0.2) is 0 Å². The second kappa shape index (κ2) is 8.28. The number of benzene rings is 1. The molecule has 8 heteroatoms. The Balaban J connectivity index is 1.75. The minimum absolute atomic E-state index is 0.0381. The summed E-state index contributed by atoms with van der Waals surface area (Å²) in [6.45, 7) is 1.47. The van der Waals surface area contributed by atoms with Gasteiger partial charge in [-0.2, -0.15) is 8.42 Å². The van der Waals surface area contributed by atoms with Crippen LogP contribution in [0.2, 0.25) is 0 Å². The third-order valence-electron chi connectivity index (χ3n) is 3.34. The van der Waals surface area contributed by atoms with Gasteiger partial charge < -0.3 is 14.4 Å². The lowest BCUT2D eigenvalue weighted by Crippen LogP contribution is -2.46. The van der Waals surface area contributed by atoms with Crippen LogP contribution in [-0.4, -0.2) is 58.1 Å². The summed E-state index contributed by atoms with van der Waals surface area (Å²) >= 11 is 0. The quantitative estimate of drug-likeness (QED) is 0.726. The molecule has 1 aromatic rings. The number of hydrogen-bond donors (Lipinski definition) is 0. The van der Waals surface area contributed by atoms with E-state index in [1.54, 1.807) is 4.90 Å². The zero-order valence-electron chi connectivity index (χ0n) is 13.0. The lowest BCUT2D eigenvalue weighted by Gasteiger charge is -2.32. The Morgan fingerprint density at radius 3 is 2.78 bits per heavy atom. The fraction of sp³-hybridized carbons (Fsp3) is 0.533. The van der Waals surface area contributed by atoms with Crippen LogP contribution in [0.4, 0.5) is 4.79 Å². The molecular weight excluding hydrogens is 322 g/mol. The van der Waals surface area contributed by atoms with Crippen LogP contribution in [0.3, 0.4) is 0 Å². The van der Waals surface area contributed by atoms with E-state index in [9.17, 15) is 13.2 Å². The molecule has 23 heavy (non-hydrogen) atoms. The van der Waals surface area contributed by atoms with Crippen LogP contribution in [0.25, 0.3) is 0 Å². The van der Waals surface area contributed by atoms with Crippen molar-refractivity contribution in [2.24, 2.45) is 0 Å².